The molecule has 0 radical (unpaired) electrons. The lowest BCUT2D eigenvalue weighted by Crippen LogP contribution is -2.56. The van der Waals surface area contributed by atoms with Crippen LogP contribution in [0.3, 0.4) is 0 Å². The average molecular weight is 511 g/mol. The molecule has 1 amide bonds. The van der Waals surface area contributed by atoms with E-state index in [9.17, 15) is 23.4 Å². The number of carboxylic acid groups (broad SMARTS) is 1. The van der Waals surface area contributed by atoms with E-state index in [1.165, 1.54) is 17.0 Å². The Morgan fingerprint density at radius 3 is 1.86 bits per heavy atom. The monoisotopic (exact) mass is 510 g/mol. The maximum Gasteiger partial charge on any atom is 0.407 e. The summed E-state index contributed by atoms with van der Waals surface area (Å²) in [4.78, 5) is 13.3. The Morgan fingerprint density at radius 2 is 1.36 bits per heavy atom. The summed E-state index contributed by atoms with van der Waals surface area (Å²) in [5, 5.41) is 21.9. The molecule has 8 heteroatoms. The lowest BCUT2D eigenvalue weighted by Gasteiger charge is -2.41. The van der Waals surface area contributed by atoms with Crippen molar-refractivity contribution in [2.45, 2.75) is 43.9 Å². The van der Waals surface area contributed by atoms with E-state index in [4.69, 9.17) is 0 Å². The molecule has 2 N–H and O–H groups in total. The van der Waals surface area contributed by atoms with Crippen LogP contribution < -0.4 is 0 Å². The zero-order valence-electron chi connectivity index (χ0n) is 20.7. The molecule has 0 heterocycles. The van der Waals surface area contributed by atoms with Crippen molar-refractivity contribution in [3.05, 3.63) is 102 Å². The summed E-state index contributed by atoms with van der Waals surface area (Å²) in [6.07, 6.45) is -1.21. The first-order valence-corrected chi connectivity index (χ1v) is 13.4. The Balaban J connectivity index is 1.99. The predicted molar refractivity (Wildman–Crippen MR) is 140 cm³/mol. The molecular formula is C28H34N2O5S. The maximum atomic E-state index is 13.8. The first-order valence-electron chi connectivity index (χ1n) is 12.0. The molecule has 1 unspecified atom stereocenters. The summed E-state index contributed by atoms with van der Waals surface area (Å²) in [5.74, 6) is -0.0781. The average Bonchev–Trinajstić information content (AvgIpc) is 2.86. The van der Waals surface area contributed by atoms with Crippen LogP contribution in [-0.2, 0) is 23.0 Å². The van der Waals surface area contributed by atoms with Crippen molar-refractivity contribution in [2.24, 2.45) is 5.92 Å². The zero-order chi connectivity index (χ0) is 26.2. The molecule has 0 aliphatic carbocycles. The summed E-state index contributed by atoms with van der Waals surface area (Å²) in [6, 6.07) is 26.4. The number of rotatable bonds is 12. The predicted octanol–water partition coefficient (Wildman–Crippen LogP) is 4.83. The molecule has 0 fully saturated rings. The molecule has 0 spiro atoms. The molecule has 0 aliphatic heterocycles. The summed E-state index contributed by atoms with van der Waals surface area (Å²) in [5.41, 5.74) is -0.297. The first-order chi connectivity index (χ1) is 17.1. The second-order valence-corrected chi connectivity index (χ2v) is 11.2. The lowest BCUT2D eigenvalue weighted by molar-refractivity contribution is -0.0752. The summed E-state index contributed by atoms with van der Waals surface area (Å²) >= 11 is 0. The standard InChI is InChI=1S/C28H34N2O5S/c1-23(2)21-30(36(34,35)26-16-10-5-11-17-26)28(33,20-24-12-6-3-7-13-24)18-19-29(27(31)32)22-25-14-8-4-9-15-25/h3-17,23,33H,18-22H2,1-2H3,(H,31,32). The molecule has 0 bridgehead atoms. The van der Waals surface area contributed by atoms with Crippen LogP contribution in [0.15, 0.2) is 95.9 Å². The molecule has 36 heavy (non-hydrogen) atoms. The summed E-state index contributed by atoms with van der Waals surface area (Å²) in [7, 11) is -4.08. The Bertz CT molecular complexity index is 1200. The fourth-order valence-corrected chi connectivity index (χ4v) is 5.98. The highest BCUT2D eigenvalue weighted by Crippen LogP contribution is 2.31. The van der Waals surface area contributed by atoms with Gasteiger partial charge >= 0.3 is 6.09 Å². The molecule has 3 rings (SSSR count). The Hall–Kier alpha value is -3.20. The molecule has 0 aromatic heterocycles. The number of sulfonamides is 1. The van der Waals surface area contributed by atoms with Crippen molar-refractivity contribution in [1.29, 1.82) is 0 Å². The van der Waals surface area contributed by atoms with Gasteiger partial charge in [0.05, 0.1) is 4.90 Å². The number of nitrogens with zero attached hydrogens (tertiary/aromatic N) is 2. The van der Waals surface area contributed by atoms with Crippen LogP contribution in [-0.4, -0.2) is 52.7 Å². The number of hydrogen-bond acceptors (Lipinski definition) is 4. The first kappa shape index (κ1) is 27.4. The van der Waals surface area contributed by atoms with E-state index in [-0.39, 0.29) is 43.3 Å². The molecule has 1 atom stereocenters. The van der Waals surface area contributed by atoms with Crippen LogP contribution >= 0.6 is 0 Å². The summed E-state index contributed by atoms with van der Waals surface area (Å²) in [6.45, 7) is 3.93. The van der Waals surface area contributed by atoms with E-state index in [1.54, 1.807) is 18.2 Å². The molecule has 7 nitrogen and oxygen atoms in total. The van der Waals surface area contributed by atoms with Gasteiger partial charge in [0.25, 0.3) is 0 Å². The highest BCUT2D eigenvalue weighted by atomic mass is 32.2. The second kappa shape index (κ2) is 12.2. The third-order valence-corrected chi connectivity index (χ3v) is 7.86. The van der Waals surface area contributed by atoms with E-state index in [2.05, 4.69) is 0 Å². The van der Waals surface area contributed by atoms with Gasteiger partial charge in [-0.2, -0.15) is 4.31 Å². The van der Waals surface area contributed by atoms with Crippen LogP contribution in [0.25, 0.3) is 0 Å². The van der Waals surface area contributed by atoms with E-state index in [0.29, 0.717) is 0 Å². The molecule has 192 valence electrons. The van der Waals surface area contributed by atoms with Gasteiger partial charge < -0.3 is 15.1 Å². The molecule has 3 aromatic carbocycles. The van der Waals surface area contributed by atoms with E-state index in [0.717, 1.165) is 15.4 Å². The summed E-state index contributed by atoms with van der Waals surface area (Å²) < 4.78 is 28.8. The largest absolute Gasteiger partial charge is 0.465 e. The smallest absolute Gasteiger partial charge is 0.407 e. The highest BCUT2D eigenvalue weighted by Gasteiger charge is 2.43. The van der Waals surface area contributed by atoms with E-state index >= 15 is 0 Å². The Kier molecular flexibility index (Phi) is 9.25. The topological polar surface area (TPSA) is 98.2 Å². The fraction of sp³-hybridized carbons (Fsp3) is 0.321. The third-order valence-electron chi connectivity index (χ3n) is 5.93. The molecule has 0 aliphatic rings. The van der Waals surface area contributed by atoms with Crippen molar-refractivity contribution in [2.75, 3.05) is 13.1 Å². The van der Waals surface area contributed by atoms with Gasteiger partial charge in [-0.05, 0) is 29.2 Å². The van der Waals surface area contributed by atoms with Crippen LogP contribution in [0, 0.1) is 5.92 Å². The number of amides is 1. The zero-order valence-corrected chi connectivity index (χ0v) is 21.5. The fourth-order valence-electron chi connectivity index (χ4n) is 4.13. The second-order valence-electron chi connectivity index (χ2n) is 9.33. The molecule has 3 aromatic rings. The van der Waals surface area contributed by atoms with Crippen molar-refractivity contribution in [3.63, 3.8) is 0 Å². The Labute approximate surface area is 213 Å². The number of hydrogen-bond donors (Lipinski definition) is 2. The van der Waals surface area contributed by atoms with Crippen LogP contribution in [0.2, 0.25) is 0 Å². The normalized spacial score (nSPS) is 13.5. The highest BCUT2D eigenvalue weighted by molar-refractivity contribution is 7.89. The van der Waals surface area contributed by atoms with E-state index < -0.39 is 21.8 Å². The van der Waals surface area contributed by atoms with Gasteiger partial charge in [-0.25, -0.2) is 13.2 Å². The number of benzene rings is 3. The molecule has 0 saturated carbocycles. The van der Waals surface area contributed by atoms with Gasteiger partial charge in [0.15, 0.2) is 0 Å². The minimum atomic E-state index is -4.08. The Morgan fingerprint density at radius 1 is 0.861 bits per heavy atom. The van der Waals surface area contributed by atoms with Crippen molar-refractivity contribution in [1.82, 2.24) is 9.21 Å². The maximum absolute atomic E-state index is 13.8. The minimum Gasteiger partial charge on any atom is -0.465 e. The van der Waals surface area contributed by atoms with Gasteiger partial charge in [-0.15, -0.1) is 0 Å². The van der Waals surface area contributed by atoms with Crippen molar-refractivity contribution >= 4 is 16.1 Å². The van der Waals surface area contributed by atoms with Crippen molar-refractivity contribution in [3.8, 4) is 0 Å². The molecule has 0 saturated heterocycles. The lowest BCUT2D eigenvalue weighted by atomic mass is 9.98. The van der Waals surface area contributed by atoms with Crippen molar-refractivity contribution < 1.29 is 23.4 Å². The third kappa shape index (κ3) is 7.16. The minimum absolute atomic E-state index is 0.0193. The molecular weight excluding hydrogens is 476 g/mol. The van der Waals surface area contributed by atoms with Gasteiger partial charge in [0.2, 0.25) is 10.0 Å². The van der Waals surface area contributed by atoms with E-state index in [1.807, 2.05) is 74.5 Å². The quantitative estimate of drug-likeness (QED) is 0.340. The number of carbonyl (C=O) groups is 1. The van der Waals surface area contributed by atoms with Gasteiger partial charge in [-0.3, -0.25) is 0 Å². The van der Waals surface area contributed by atoms with Crippen LogP contribution in [0.4, 0.5) is 4.79 Å². The van der Waals surface area contributed by atoms with Gasteiger partial charge in [-0.1, -0.05) is 92.7 Å². The van der Waals surface area contributed by atoms with Gasteiger partial charge in [0, 0.05) is 32.5 Å². The van der Waals surface area contributed by atoms with Crippen LogP contribution in [0.5, 0.6) is 0 Å². The number of aliphatic hydroxyl groups is 1. The SMILES string of the molecule is CC(C)CN(C(O)(CCN(Cc1ccccc1)C(=O)O)Cc1ccccc1)S(=O)(=O)c1ccccc1. The van der Waals surface area contributed by atoms with Crippen LogP contribution in [0.1, 0.15) is 31.4 Å². The van der Waals surface area contributed by atoms with Gasteiger partial charge in [0.1, 0.15) is 5.72 Å².